The predicted molar refractivity (Wildman–Crippen MR) is 55.8 cm³/mol. The van der Waals surface area contributed by atoms with Gasteiger partial charge in [0.2, 0.25) is 0 Å². The number of hydrogen-bond acceptors (Lipinski definition) is 3. The average Bonchev–Trinajstić information content (AvgIpc) is 2.19. The molecule has 0 spiro atoms. The van der Waals surface area contributed by atoms with E-state index in [4.69, 9.17) is 4.74 Å². The van der Waals surface area contributed by atoms with Gasteiger partial charge < -0.3 is 4.74 Å². The summed E-state index contributed by atoms with van der Waals surface area (Å²) in [5.74, 6) is -0.360. The fourth-order valence-corrected chi connectivity index (χ4v) is 1.86. The Bertz CT molecular complexity index is 197. The van der Waals surface area contributed by atoms with E-state index >= 15 is 0 Å². The van der Waals surface area contributed by atoms with Gasteiger partial charge in [-0.1, -0.05) is 25.8 Å². The van der Waals surface area contributed by atoms with Crippen molar-refractivity contribution in [1.29, 1.82) is 0 Å². The van der Waals surface area contributed by atoms with E-state index in [1.54, 1.807) is 0 Å². The Labute approximate surface area is 85.5 Å². The molecule has 3 heteroatoms. The Hall–Kier alpha value is -0.830. The first-order valence-corrected chi connectivity index (χ1v) is 5.31. The molecule has 0 aromatic carbocycles. The van der Waals surface area contributed by atoms with E-state index in [-0.39, 0.29) is 12.2 Å². The van der Waals surface area contributed by atoms with E-state index < -0.39 is 0 Å². The van der Waals surface area contributed by atoms with Crippen molar-refractivity contribution in [3.05, 3.63) is 12.7 Å². The van der Waals surface area contributed by atoms with Gasteiger partial charge in [0.25, 0.3) is 0 Å². The van der Waals surface area contributed by atoms with Crippen LogP contribution < -0.4 is 5.32 Å². The number of ether oxygens (including phenoxy) is 1. The monoisotopic (exact) mass is 197 g/mol. The lowest BCUT2D eigenvalue weighted by molar-refractivity contribution is -0.144. The summed E-state index contributed by atoms with van der Waals surface area (Å²) in [5, 5.41) is 3.29. The lowest BCUT2D eigenvalue weighted by Crippen LogP contribution is -2.40. The number of nitrogens with one attached hydrogen (secondary N) is 1. The lowest BCUT2D eigenvalue weighted by atomic mass is 9.95. The molecule has 1 rings (SSSR count). The van der Waals surface area contributed by atoms with Crippen molar-refractivity contribution in [2.24, 2.45) is 0 Å². The van der Waals surface area contributed by atoms with Gasteiger partial charge in [-0.2, -0.15) is 0 Å². The van der Waals surface area contributed by atoms with Crippen molar-refractivity contribution in [1.82, 2.24) is 5.32 Å². The second-order valence-electron chi connectivity index (χ2n) is 3.78. The molecule has 0 saturated heterocycles. The summed E-state index contributed by atoms with van der Waals surface area (Å²) in [6.45, 7) is 5.22. The molecule has 0 radical (unpaired) electrons. The Morgan fingerprint density at radius 3 is 2.71 bits per heavy atom. The van der Waals surface area contributed by atoms with Gasteiger partial charge in [0.05, 0.1) is 0 Å². The van der Waals surface area contributed by atoms with E-state index in [1.807, 2.05) is 6.92 Å². The maximum Gasteiger partial charge on any atom is 0.331 e. The van der Waals surface area contributed by atoms with Gasteiger partial charge in [-0.15, -0.1) is 0 Å². The molecule has 0 aromatic rings. The molecule has 1 unspecified atom stereocenters. The second-order valence-corrected chi connectivity index (χ2v) is 3.78. The zero-order valence-electron chi connectivity index (χ0n) is 8.79. The fraction of sp³-hybridized carbons (Fsp3) is 0.727. The van der Waals surface area contributed by atoms with E-state index in [2.05, 4.69) is 11.9 Å². The molecule has 1 aliphatic rings. The summed E-state index contributed by atoms with van der Waals surface area (Å²) in [6.07, 6.45) is 7.26. The van der Waals surface area contributed by atoms with Crippen molar-refractivity contribution in [3.8, 4) is 0 Å². The average molecular weight is 197 g/mol. The third-order valence-corrected chi connectivity index (χ3v) is 2.54. The molecular formula is C11H19NO2. The summed E-state index contributed by atoms with van der Waals surface area (Å²) in [5.41, 5.74) is 0. The van der Waals surface area contributed by atoms with Crippen LogP contribution in [-0.2, 0) is 9.53 Å². The van der Waals surface area contributed by atoms with Crippen LogP contribution >= 0.6 is 0 Å². The molecule has 3 nitrogen and oxygen atoms in total. The highest BCUT2D eigenvalue weighted by molar-refractivity contribution is 5.81. The molecule has 0 amide bonds. The number of carbonyl (C=O) groups excluding carboxylic acids is 1. The highest BCUT2D eigenvalue weighted by atomic mass is 16.6. The third kappa shape index (κ3) is 3.92. The van der Waals surface area contributed by atoms with Gasteiger partial charge in [0, 0.05) is 12.1 Å². The largest absolute Gasteiger partial charge is 0.444 e. The summed E-state index contributed by atoms with van der Waals surface area (Å²) >= 11 is 0. The Morgan fingerprint density at radius 1 is 1.50 bits per heavy atom. The van der Waals surface area contributed by atoms with Crippen LogP contribution in [0.2, 0.25) is 0 Å². The van der Waals surface area contributed by atoms with Crippen LogP contribution in [0.4, 0.5) is 0 Å². The highest BCUT2D eigenvalue weighted by Crippen LogP contribution is 2.17. The molecule has 1 N–H and O–H groups in total. The van der Waals surface area contributed by atoms with Crippen molar-refractivity contribution in [2.45, 2.75) is 51.3 Å². The summed E-state index contributed by atoms with van der Waals surface area (Å²) in [4.78, 5) is 10.9. The van der Waals surface area contributed by atoms with Crippen LogP contribution in [0.1, 0.15) is 39.0 Å². The van der Waals surface area contributed by atoms with E-state index in [9.17, 15) is 4.79 Å². The molecular weight excluding hydrogens is 178 g/mol. The Morgan fingerprint density at radius 2 is 2.14 bits per heavy atom. The van der Waals surface area contributed by atoms with Crippen LogP contribution in [-0.4, -0.2) is 18.2 Å². The van der Waals surface area contributed by atoms with Crippen molar-refractivity contribution < 1.29 is 9.53 Å². The van der Waals surface area contributed by atoms with Gasteiger partial charge in [0.15, 0.2) is 6.23 Å². The molecule has 0 aromatic heterocycles. The maximum absolute atomic E-state index is 10.9. The molecule has 0 bridgehead atoms. The van der Waals surface area contributed by atoms with Crippen LogP contribution in [0.5, 0.6) is 0 Å². The van der Waals surface area contributed by atoms with Gasteiger partial charge >= 0.3 is 5.97 Å². The first-order valence-electron chi connectivity index (χ1n) is 5.31. The van der Waals surface area contributed by atoms with Crippen molar-refractivity contribution in [2.75, 3.05) is 0 Å². The molecule has 14 heavy (non-hydrogen) atoms. The maximum atomic E-state index is 10.9. The first kappa shape index (κ1) is 11.2. The number of carbonyl (C=O) groups is 1. The quantitative estimate of drug-likeness (QED) is 0.425. The third-order valence-electron chi connectivity index (χ3n) is 2.54. The number of hydrogen-bond donors (Lipinski definition) is 1. The molecule has 1 aliphatic carbocycles. The smallest absolute Gasteiger partial charge is 0.331 e. The van der Waals surface area contributed by atoms with Gasteiger partial charge in [-0.3, -0.25) is 5.32 Å². The molecule has 0 heterocycles. The fourth-order valence-electron chi connectivity index (χ4n) is 1.86. The van der Waals surface area contributed by atoms with Crippen molar-refractivity contribution in [3.63, 3.8) is 0 Å². The van der Waals surface area contributed by atoms with Gasteiger partial charge in [-0.25, -0.2) is 4.79 Å². The predicted octanol–water partition coefficient (Wildman–Crippen LogP) is 1.98. The van der Waals surface area contributed by atoms with Crippen LogP contribution in [0, 0.1) is 0 Å². The SMILES string of the molecule is C=CC(=O)OC(C)NC1CCCCC1. The molecule has 1 fully saturated rings. The van der Waals surface area contributed by atoms with Crippen LogP contribution in [0.15, 0.2) is 12.7 Å². The summed E-state index contributed by atoms with van der Waals surface area (Å²) < 4.78 is 5.03. The minimum atomic E-state index is -0.360. The van der Waals surface area contributed by atoms with Crippen LogP contribution in [0.3, 0.4) is 0 Å². The van der Waals surface area contributed by atoms with Gasteiger partial charge in [0.1, 0.15) is 0 Å². The van der Waals surface area contributed by atoms with Crippen LogP contribution in [0.25, 0.3) is 0 Å². The standard InChI is InChI=1S/C11H19NO2/c1-3-11(13)14-9(2)12-10-7-5-4-6-8-10/h3,9-10,12H,1,4-8H2,2H3. The molecule has 0 aliphatic heterocycles. The summed E-state index contributed by atoms with van der Waals surface area (Å²) in [6, 6.07) is 0.511. The normalized spacial score (nSPS) is 20.1. The van der Waals surface area contributed by atoms with E-state index in [1.165, 1.54) is 38.2 Å². The summed E-state index contributed by atoms with van der Waals surface area (Å²) in [7, 11) is 0. The van der Waals surface area contributed by atoms with Crippen molar-refractivity contribution >= 4 is 5.97 Å². The minimum absolute atomic E-state index is 0.205. The minimum Gasteiger partial charge on any atom is -0.444 e. The van der Waals surface area contributed by atoms with Gasteiger partial charge in [-0.05, 0) is 19.8 Å². The first-order chi connectivity index (χ1) is 6.72. The highest BCUT2D eigenvalue weighted by Gasteiger charge is 2.16. The Kier molecular flexibility index (Phi) is 4.66. The topological polar surface area (TPSA) is 38.3 Å². The zero-order chi connectivity index (χ0) is 10.4. The molecule has 1 atom stereocenters. The van der Waals surface area contributed by atoms with E-state index in [0.29, 0.717) is 6.04 Å². The Balaban J connectivity index is 2.21. The molecule has 1 saturated carbocycles. The number of esters is 1. The lowest BCUT2D eigenvalue weighted by Gasteiger charge is -2.26. The van der Waals surface area contributed by atoms with E-state index in [0.717, 1.165) is 0 Å². The zero-order valence-corrected chi connectivity index (χ0v) is 8.79. The second kappa shape index (κ2) is 5.81. The molecule has 80 valence electrons. The number of rotatable bonds is 4.